The van der Waals surface area contributed by atoms with Crippen LogP contribution in [-0.4, -0.2) is 57.2 Å². The van der Waals surface area contributed by atoms with Crippen molar-refractivity contribution in [3.63, 3.8) is 0 Å². The molecule has 0 spiro atoms. The van der Waals surface area contributed by atoms with Crippen molar-refractivity contribution >= 4 is 34.2 Å². The van der Waals surface area contributed by atoms with Gasteiger partial charge in [-0.15, -0.1) is 0 Å². The first-order valence-corrected chi connectivity index (χ1v) is 15.0. The lowest BCUT2D eigenvalue weighted by Crippen LogP contribution is -2.40. The molecule has 7 rings (SSSR count). The average molecular weight is 594 g/mol. The van der Waals surface area contributed by atoms with Crippen molar-refractivity contribution in [3.8, 4) is 22.5 Å². The number of H-pyrrole nitrogens is 1. The quantitative estimate of drug-likeness (QED) is 0.181. The van der Waals surface area contributed by atoms with E-state index >= 15 is 0 Å². The molecule has 1 saturated carbocycles. The number of aliphatic hydroxyl groups is 1. The van der Waals surface area contributed by atoms with Crippen molar-refractivity contribution in [2.24, 2.45) is 0 Å². The molecule has 1 unspecified atom stereocenters. The molecule has 2 aromatic heterocycles. The number of aromatic nitrogens is 3. The van der Waals surface area contributed by atoms with Crippen LogP contribution in [0.4, 0.5) is 5.69 Å². The number of aliphatic hydroxyl groups excluding tert-OH is 1. The number of morpholine rings is 1. The zero-order valence-corrected chi connectivity index (χ0v) is 24.6. The number of nitrogens with zero attached hydrogens (tertiary/aromatic N) is 3. The van der Waals surface area contributed by atoms with E-state index in [2.05, 4.69) is 26.3 Å². The Balaban J connectivity index is 1.15. The largest absolute Gasteiger partial charge is 0.378 e. The van der Waals surface area contributed by atoms with Crippen molar-refractivity contribution in [2.75, 3.05) is 31.6 Å². The summed E-state index contributed by atoms with van der Waals surface area (Å²) in [5.74, 6) is 0.615. The first kappa shape index (κ1) is 27.6. The number of halogens is 1. The molecule has 1 atom stereocenters. The number of ether oxygens (including phenoxy) is 1. The minimum Gasteiger partial charge on any atom is -0.378 e. The molecule has 1 saturated heterocycles. The SMILES string of the molecule is Cc1c(NC(O)c2ccc(C3CC3)cc2Cl)cccc1-c1ncnc2[nH]c(-c3ccc(C(=O)N4CCOCC4)cc3)cc12. The molecule has 218 valence electrons. The number of fused-ring (bicyclic) bond motifs is 1. The number of hydrogen-bond donors (Lipinski definition) is 3. The van der Waals surface area contributed by atoms with E-state index in [9.17, 15) is 9.90 Å². The van der Waals surface area contributed by atoms with E-state index in [-0.39, 0.29) is 5.91 Å². The first-order chi connectivity index (χ1) is 21.0. The van der Waals surface area contributed by atoms with E-state index < -0.39 is 6.23 Å². The van der Waals surface area contributed by atoms with E-state index in [0.29, 0.717) is 54.0 Å². The highest BCUT2D eigenvalue weighted by atomic mass is 35.5. The molecule has 2 aliphatic rings. The number of anilines is 1. The second-order valence-electron chi connectivity index (χ2n) is 11.2. The van der Waals surface area contributed by atoms with Crippen LogP contribution in [-0.2, 0) is 4.74 Å². The molecule has 0 bridgehead atoms. The lowest BCUT2D eigenvalue weighted by Gasteiger charge is -2.26. The minimum absolute atomic E-state index is 0.0197. The van der Waals surface area contributed by atoms with Crippen LogP contribution in [0.25, 0.3) is 33.5 Å². The van der Waals surface area contributed by atoms with Gasteiger partial charge in [-0.05, 0) is 72.7 Å². The maximum atomic E-state index is 12.9. The van der Waals surface area contributed by atoms with Gasteiger partial charge in [0.25, 0.3) is 5.91 Å². The molecule has 1 aliphatic heterocycles. The molecular formula is C34H32ClN5O3. The highest BCUT2D eigenvalue weighted by molar-refractivity contribution is 6.31. The Morgan fingerprint density at radius 2 is 1.86 bits per heavy atom. The lowest BCUT2D eigenvalue weighted by molar-refractivity contribution is 0.0303. The van der Waals surface area contributed by atoms with Gasteiger partial charge in [0.2, 0.25) is 0 Å². The third-order valence-corrected chi connectivity index (χ3v) is 8.74. The summed E-state index contributed by atoms with van der Waals surface area (Å²) in [7, 11) is 0. The summed E-state index contributed by atoms with van der Waals surface area (Å²) in [5.41, 5.74) is 8.53. The second-order valence-corrected chi connectivity index (χ2v) is 11.6. The van der Waals surface area contributed by atoms with Gasteiger partial charge in [-0.2, -0.15) is 0 Å². The topological polar surface area (TPSA) is 103 Å². The maximum absolute atomic E-state index is 12.9. The number of hydrogen-bond acceptors (Lipinski definition) is 6. The van der Waals surface area contributed by atoms with Gasteiger partial charge >= 0.3 is 0 Å². The summed E-state index contributed by atoms with van der Waals surface area (Å²) in [4.78, 5) is 27.2. The monoisotopic (exact) mass is 593 g/mol. The summed E-state index contributed by atoms with van der Waals surface area (Å²) in [5, 5.41) is 15.7. The molecule has 8 nitrogen and oxygen atoms in total. The zero-order valence-electron chi connectivity index (χ0n) is 23.8. The van der Waals surface area contributed by atoms with E-state index in [1.54, 1.807) is 6.33 Å². The molecule has 3 aromatic carbocycles. The number of rotatable bonds is 7. The third kappa shape index (κ3) is 5.49. The summed E-state index contributed by atoms with van der Waals surface area (Å²) in [6.07, 6.45) is 2.99. The normalized spacial score (nSPS) is 15.9. The fourth-order valence-electron chi connectivity index (χ4n) is 5.76. The number of carbonyl (C=O) groups is 1. The molecule has 3 heterocycles. The molecule has 1 aliphatic carbocycles. The Kier molecular flexibility index (Phi) is 7.34. The van der Waals surface area contributed by atoms with Crippen LogP contribution in [0.3, 0.4) is 0 Å². The molecule has 9 heteroatoms. The predicted molar refractivity (Wildman–Crippen MR) is 168 cm³/mol. The lowest BCUT2D eigenvalue weighted by atomic mass is 10.0. The molecule has 3 N–H and O–H groups in total. The predicted octanol–water partition coefficient (Wildman–Crippen LogP) is 6.71. The van der Waals surface area contributed by atoms with Gasteiger partial charge in [-0.3, -0.25) is 4.79 Å². The summed E-state index contributed by atoms with van der Waals surface area (Å²) >= 11 is 6.56. The number of amides is 1. The van der Waals surface area contributed by atoms with Crippen LogP contribution in [0.5, 0.6) is 0 Å². The molecule has 43 heavy (non-hydrogen) atoms. The van der Waals surface area contributed by atoms with Crippen LogP contribution < -0.4 is 5.32 Å². The fourth-order valence-corrected chi connectivity index (χ4v) is 6.05. The Hall–Kier alpha value is -4.24. The Morgan fingerprint density at radius 3 is 2.60 bits per heavy atom. The number of carbonyl (C=O) groups excluding carboxylic acids is 1. The van der Waals surface area contributed by atoms with Gasteiger partial charge in [-0.25, -0.2) is 9.97 Å². The van der Waals surface area contributed by atoms with Crippen molar-refractivity contribution in [1.82, 2.24) is 19.9 Å². The van der Waals surface area contributed by atoms with Crippen LogP contribution >= 0.6 is 11.6 Å². The number of nitrogens with one attached hydrogen (secondary N) is 2. The van der Waals surface area contributed by atoms with Crippen molar-refractivity contribution in [3.05, 3.63) is 100 Å². The third-order valence-electron chi connectivity index (χ3n) is 8.42. The smallest absolute Gasteiger partial charge is 0.254 e. The van der Waals surface area contributed by atoms with E-state index in [1.807, 2.05) is 72.5 Å². The zero-order chi connectivity index (χ0) is 29.5. The second kappa shape index (κ2) is 11.4. The van der Waals surface area contributed by atoms with Crippen LogP contribution in [0.1, 0.15) is 52.0 Å². The summed E-state index contributed by atoms with van der Waals surface area (Å²) in [6.45, 7) is 4.38. The highest BCUT2D eigenvalue weighted by Crippen LogP contribution is 2.42. The highest BCUT2D eigenvalue weighted by Gasteiger charge is 2.25. The van der Waals surface area contributed by atoms with Gasteiger partial charge in [0, 0.05) is 51.6 Å². The minimum atomic E-state index is -0.961. The molecule has 1 amide bonds. The van der Waals surface area contributed by atoms with Gasteiger partial charge in [0.1, 0.15) is 12.0 Å². The fraction of sp³-hybridized carbons (Fsp3) is 0.265. The van der Waals surface area contributed by atoms with Crippen LogP contribution in [0, 0.1) is 6.92 Å². The Morgan fingerprint density at radius 1 is 1.07 bits per heavy atom. The molecule has 5 aromatic rings. The Labute approximate surface area is 254 Å². The van der Waals surface area contributed by atoms with E-state index in [4.69, 9.17) is 16.3 Å². The summed E-state index contributed by atoms with van der Waals surface area (Å²) < 4.78 is 5.37. The molecular weight excluding hydrogens is 562 g/mol. The number of benzene rings is 3. The van der Waals surface area contributed by atoms with E-state index in [0.717, 1.165) is 39.2 Å². The molecule has 0 radical (unpaired) electrons. The van der Waals surface area contributed by atoms with Gasteiger partial charge in [0.15, 0.2) is 6.23 Å². The van der Waals surface area contributed by atoms with Gasteiger partial charge in [-0.1, -0.05) is 48.0 Å². The number of aromatic amines is 1. The van der Waals surface area contributed by atoms with Crippen molar-refractivity contribution < 1.29 is 14.6 Å². The van der Waals surface area contributed by atoms with Gasteiger partial charge < -0.3 is 25.0 Å². The maximum Gasteiger partial charge on any atom is 0.254 e. The first-order valence-electron chi connectivity index (χ1n) is 14.6. The average Bonchev–Trinajstić information content (AvgIpc) is 3.80. The summed E-state index contributed by atoms with van der Waals surface area (Å²) in [6, 6.07) is 21.5. The van der Waals surface area contributed by atoms with Crippen molar-refractivity contribution in [2.45, 2.75) is 31.9 Å². The van der Waals surface area contributed by atoms with Crippen LogP contribution in [0.15, 0.2) is 73.1 Å². The Bertz CT molecular complexity index is 1810. The van der Waals surface area contributed by atoms with Crippen molar-refractivity contribution in [1.29, 1.82) is 0 Å². The van der Waals surface area contributed by atoms with Crippen LogP contribution in [0.2, 0.25) is 5.02 Å². The van der Waals surface area contributed by atoms with Gasteiger partial charge in [0.05, 0.1) is 18.9 Å². The standard InChI is InChI=1S/C34H32ClN5O3/c1-20-25(3-2-4-29(20)39-33(41)26-12-11-24(17-28(26)35)21-5-6-21)31-27-18-30(38-32(27)37-19-36-31)22-7-9-23(10-8-22)34(42)40-13-15-43-16-14-40/h2-4,7-12,17-19,21,33,39,41H,5-6,13-16H2,1H3,(H,36,37,38). The van der Waals surface area contributed by atoms with E-state index in [1.165, 1.54) is 18.4 Å². The molecule has 2 fully saturated rings.